The molecule has 94 valence electrons. The fourth-order valence-electron chi connectivity index (χ4n) is 1.53. The summed E-state index contributed by atoms with van der Waals surface area (Å²) < 4.78 is 5.25. The van der Waals surface area contributed by atoms with Gasteiger partial charge in [-0.1, -0.05) is 13.8 Å². The first-order chi connectivity index (χ1) is 7.95. The first kappa shape index (κ1) is 13.6. The van der Waals surface area contributed by atoms with Gasteiger partial charge in [-0.15, -0.1) is 0 Å². The molecule has 17 heavy (non-hydrogen) atoms. The third kappa shape index (κ3) is 3.48. The van der Waals surface area contributed by atoms with Crippen molar-refractivity contribution in [2.75, 3.05) is 13.7 Å². The highest BCUT2D eigenvalue weighted by atomic mass is 16.5. The summed E-state index contributed by atoms with van der Waals surface area (Å²) in [6, 6.07) is 3.78. The van der Waals surface area contributed by atoms with Crippen LogP contribution >= 0.6 is 0 Å². The maximum Gasteiger partial charge on any atom is 0.255 e. The Morgan fingerprint density at radius 2 is 1.88 bits per heavy atom. The van der Waals surface area contributed by atoms with Crippen LogP contribution in [-0.4, -0.2) is 19.6 Å². The van der Waals surface area contributed by atoms with E-state index in [0.29, 0.717) is 23.8 Å². The van der Waals surface area contributed by atoms with Gasteiger partial charge in [0.1, 0.15) is 5.75 Å². The molecule has 0 fully saturated rings. The quantitative estimate of drug-likeness (QED) is 0.871. The highest BCUT2D eigenvalue weighted by Crippen LogP contribution is 2.22. The number of hydrogen-bond donors (Lipinski definition) is 1. The van der Waals surface area contributed by atoms with E-state index in [0.717, 1.165) is 11.1 Å². The summed E-state index contributed by atoms with van der Waals surface area (Å²) in [5, 5.41) is 2.90. The molecule has 3 heteroatoms. The molecule has 0 spiro atoms. The lowest BCUT2D eigenvalue weighted by molar-refractivity contribution is 0.0946. The zero-order valence-corrected chi connectivity index (χ0v) is 11.3. The van der Waals surface area contributed by atoms with E-state index in [9.17, 15) is 4.79 Å². The van der Waals surface area contributed by atoms with Crippen molar-refractivity contribution in [1.29, 1.82) is 0 Å². The minimum Gasteiger partial charge on any atom is -0.496 e. The van der Waals surface area contributed by atoms with Crippen molar-refractivity contribution in [3.8, 4) is 5.75 Å². The van der Waals surface area contributed by atoms with Crippen LogP contribution in [0, 0.1) is 19.8 Å². The normalized spacial score (nSPS) is 10.5. The molecule has 0 aliphatic carbocycles. The lowest BCUT2D eigenvalue weighted by Crippen LogP contribution is -2.27. The van der Waals surface area contributed by atoms with E-state index in [1.165, 1.54) is 0 Å². The van der Waals surface area contributed by atoms with Crippen molar-refractivity contribution in [1.82, 2.24) is 5.32 Å². The minimum atomic E-state index is -0.0707. The molecule has 0 saturated heterocycles. The van der Waals surface area contributed by atoms with Gasteiger partial charge in [0.05, 0.1) is 12.7 Å². The predicted molar refractivity (Wildman–Crippen MR) is 69.6 cm³/mol. The molecule has 0 unspecified atom stereocenters. The van der Waals surface area contributed by atoms with Gasteiger partial charge in [-0.2, -0.15) is 0 Å². The number of aryl methyl sites for hydroxylation is 2. The van der Waals surface area contributed by atoms with Gasteiger partial charge < -0.3 is 10.1 Å². The number of hydrogen-bond acceptors (Lipinski definition) is 2. The van der Waals surface area contributed by atoms with Crippen molar-refractivity contribution in [3.63, 3.8) is 0 Å². The fraction of sp³-hybridized carbons (Fsp3) is 0.500. The number of ether oxygens (including phenoxy) is 1. The largest absolute Gasteiger partial charge is 0.496 e. The topological polar surface area (TPSA) is 38.3 Å². The van der Waals surface area contributed by atoms with E-state index in [2.05, 4.69) is 19.2 Å². The molecule has 1 amide bonds. The predicted octanol–water partition coefficient (Wildman–Crippen LogP) is 2.70. The molecule has 0 aliphatic heterocycles. The molecular formula is C14H21NO2. The summed E-state index contributed by atoms with van der Waals surface area (Å²) in [7, 11) is 1.59. The molecule has 1 N–H and O–H groups in total. The second-order valence-electron chi connectivity index (χ2n) is 4.74. The molecule has 0 saturated carbocycles. The molecule has 0 radical (unpaired) electrons. The van der Waals surface area contributed by atoms with Crippen LogP contribution in [0.5, 0.6) is 5.75 Å². The van der Waals surface area contributed by atoms with E-state index in [1.807, 2.05) is 26.0 Å². The Bertz CT molecular complexity index is 411. The number of rotatable bonds is 4. The molecule has 0 aromatic heterocycles. The van der Waals surface area contributed by atoms with Crippen LogP contribution in [0.25, 0.3) is 0 Å². The number of amides is 1. The van der Waals surface area contributed by atoms with Crippen molar-refractivity contribution >= 4 is 5.91 Å². The van der Waals surface area contributed by atoms with E-state index < -0.39 is 0 Å². The van der Waals surface area contributed by atoms with Gasteiger partial charge in [-0.3, -0.25) is 4.79 Å². The van der Waals surface area contributed by atoms with Crippen molar-refractivity contribution in [2.45, 2.75) is 27.7 Å². The third-order valence-corrected chi connectivity index (χ3v) is 2.73. The first-order valence-corrected chi connectivity index (χ1v) is 5.89. The molecule has 1 aromatic rings. The molecule has 0 atom stereocenters. The molecule has 1 aromatic carbocycles. The Morgan fingerprint density at radius 1 is 1.29 bits per heavy atom. The third-order valence-electron chi connectivity index (χ3n) is 2.73. The molecule has 1 rings (SSSR count). The number of methoxy groups -OCH3 is 1. The molecule has 0 aliphatic rings. The van der Waals surface area contributed by atoms with Gasteiger partial charge >= 0.3 is 0 Å². The van der Waals surface area contributed by atoms with Crippen LogP contribution in [0.1, 0.15) is 35.3 Å². The van der Waals surface area contributed by atoms with E-state index in [1.54, 1.807) is 7.11 Å². The van der Waals surface area contributed by atoms with Crippen LogP contribution in [0.15, 0.2) is 12.1 Å². The van der Waals surface area contributed by atoms with E-state index in [-0.39, 0.29) is 5.91 Å². The SMILES string of the molecule is COc1cc(C)c(C)cc1C(=O)NCC(C)C. The zero-order valence-electron chi connectivity index (χ0n) is 11.3. The van der Waals surface area contributed by atoms with Gasteiger partial charge in [-0.25, -0.2) is 0 Å². The lowest BCUT2D eigenvalue weighted by Gasteiger charge is -2.13. The Hall–Kier alpha value is -1.51. The second-order valence-corrected chi connectivity index (χ2v) is 4.74. The van der Waals surface area contributed by atoms with E-state index in [4.69, 9.17) is 4.74 Å². The molecular weight excluding hydrogens is 214 g/mol. The summed E-state index contributed by atoms with van der Waals surface area (Å²) in [6.45, 7) is 8.81. The van der Waals surface area contributed by atoms with Gasteiger partial charge in [0.15, 0.2) is 0 Å². The standard InChI is InChI=1S/C14H21NO2/c1-9(2)8-15-14(16)12-6-10(3)11(4)7-13(12)17-5/h6-7,9H,8H2,1-5H3,(H,15,16). The maximum atomic E-state index is 12.0. The number of carbonyl (C=O) groups is 1. The summed E-state index contributed by atoms with van der Waals surface area (Å²) in [4.78, 5) is 12.0. The van der Waals surface area contributed by atoms with Crippen LogP contribution in [-0.2, 0) is 0 Å². The summed E-state index contributed by atoms with van der Waals surface area (Å²) in [5.74, 6) is 1.00. The van der Waals surface area contributed by atoms with Crippen LogP contribution in [0.2, 0.25) is 0 Å². The lowest BCUT2D eigenvalue weighted by atomic mass is 10.0. The highest BCUT2D eigenvalue weighted by Gasteiger charge is 2.13. The van der Waals surface area contributed by atoms with Crippen LogP contribution in [0.3, 0.4) is 0 Å². The monoisotopic (exact) mass is 235 g/mol. The van der Waals surface area contributed by atoms with Crippen molar-refractivity contribution in [2.24, 2.45) is 5.92 Å². The number of nitrogens with one attached hydrogen (secondary N) is 1. The molecule has 0 heterocycles. The Labute approximate surface area is 103 Å². The number of benzene rings is 1. The molecule has 3 nitrogen and oxygen atoms in total. The Morgan fingerprint density at radius 3 is 2.41 bits per heavy atom. The maximum absolute atomic E-state index is 12.0. The highest BCUT2D eigenvalue weighted by molar-refractivity contribution is 5.97. The van der Waals surface area contributed by atoms with Crippen molar-refractivity contribution < 1.29 is 9.53 Å². The number of carbonyl (C=O) groups excluding carboxylic acids is 1. The Balaban J connectivity index is 2.96. The van der Waals surface area contributed by atoms with Crippen molar-refractivity contribution in [3.05, 3.63) is 28.8 Å². The van der Waals surface area contributed by atoms with Gasteiger partial charge in [0.2, 0.25) is 0 Å². The van der Waals surface area contributed by atoms with Gasteiger partial charge in [0, 0.05) is 6.54 Å². The minimum absolute atomic E-state index is 0.0707. The summed E-state index contributed by atoms with van der Waals surface area (Å²) >= 11 is 0. The van der Waals surface area contributed by atoms with Crippen LogP contribution in [0.4, 0.5) is 0 Å². The van der Waals surface area contributed by atoms with Crippen LogP contribution < -0.4 is 10.1 Å². The zero-order chi connectivity index (χ0) is 13.0. The second kappa shape index (κ2) is 5.71. The van der Waals surface area contributed by atoms with Gasteiger partial charge in [0.25, 0.3) is 5.91 Å². The fourth-order valence-corrected chi connectivity index (χ4v) is 1.53. The molecule has 0 bridgehead atoms. The summed E-state index contributed by atoms with van der Waals surface area (Å²) in [5.41, 5.74) is 2.83. The van der Waals surface area contributed by atoms with Gasteiger partial charge in [-0.05, 0) is 43.0 Å². The summed E-state index contributed by atoms with van der Waals surface area (Å²) in [6.07, 6.45) is 0. The smallest absolute Gasteiger partial charge is 0.255 e. The average molecular weight is 235 g/mol. The van der Waals surface area contributed by atoms with E-state index >= 15 is 0 Å². The first-order valence-electron chi connectivity index (χ1n) is 5.89. The average Bonchev–Trinajstić information content (AvgIpc) is 2.28. The Kier molecular flexibility index (Phi) is 4.55.